The van der Waals surface area contributed by atoms with Crippen molar-refractivity contribution in [3.05, 3.63) is 51.1 Å². The van der Waals surface area contributed by atoms with Crippen LogP contribution in [0.1, 0.15) is 67.1 Å². The predicted octanol–water partition coefficient (Wildman–Crippen LogP) is 2.69. The number of aromatic amines is 1. The minimum absolute atomic E-state index is 0.130. The van der Waals surface area contributed by atoms with Crippen LogP contribution in [0.15, 0.2) is 21.3 Å². The first-order chi connectivity index (χ1) is 15.6. The van der Waals surface area contributed by atoms with Crippen molar-refractivity contribution in [1.82, 2.24) is 19.2 Å². The highest BCUT2D eigenvalue weighted by atomic mass is 32.2. The number of aromatic nitrogens is 2. The second-order valence-electron chi connectivity index (χ2n) is 9.25. The fourth-order valence-electron chi connectivity index (χ4n) is 5.01. The monoisotopic (exact) mass is 482 g/mol. The van der Waals surface area contributed by atoms with Crippen LogP contribution in [0.2, 0.25) is 0 Å². The minimum Gasteiger partial charge on any atom is -0.391 e. The fourth-order valence-corrected chi connectivity index (χ4v) is 6.45. The van der Waals surface area contributed by atoms with Gasteiger partial charge in [0.05, 0.1) is 0 Å². The molecule has 2 aliphatic heterocycles. The molecular weight excluding hydrogens is 451 g/mol. The van der Waals surface area contributed by atoms with E-state index in [1.165, 1.54) is 10.4 Å². The lowest BCUT2D eigenvalue weighted by Crippen LogP contribution is -2.50. The van der Waals surface area contributed by atoms with E-state index in [1.54, 1.807) is 19.9 Å². The molecule has 2 N–H and O–H groups in total. The van der Waals surface area contributed by atoms with Gasteiger partial charge in [-0.25, -0.2) is 14.3 Å². The lowest BCUT2D eigenvalue weighted by molar-refractivity contribution is -0.0102. The summed E-state index contributed by atoms with van der Waals surface area (Å²) in [5, 5.41) is 6.03. The molecule has 2 aromatic rings. The molecule has 4 rings (SSSR count). The quantitative estimate of drug-likeness (QED) is 0.654. The normalized spacial score (nSPS) is 21.2. The first kappa shape index (κ1) is 24.1. The van der Waals surface area contributed by atoms with Crippen molar-refractivity contribution in [2.24, 2.45) is 5.41 Å². The number of rotatable bonds is 6. The minimum atomic E-state index is -3.95. The average molecular weight is 483 g/mol. The van der Waals surface area contributed by atoms with Gasteiger partial charge >= 0.3 is 5.76 Å². The zero-order valence-electron chi connectivity index (χ0n) is 19.2. The molecular formula is C22H31FN4O5S. The largest absolute Gasteiger partial charge is 0.434 e. The highest BCUT2D eigenvalue weighted by Crippen LogP contribution is 2.41. The van der Waals surface area contributed by atoms with E-state index in [2.05, 4.69) is 14.9 Å². The van der Waals surface area contributed by atoms with Crippen molar-refractivity contribution >= 4 is 10.2 Å². The summed E-state index contributed by atoms with van der Waals surface area (Å²) >= 11 is 0. The molecule has 1 unspecified atom stereocenters. The molecule has 0 aliphatic carbocycles. The van der Waals surface area contributed by atoms with E-state index >= 15 is 0 Å². The Morgan fingerprint density at radius 3 is 2.45 bits per heavy atom. The molecule has 1 aromatic carbocycles. The van der Waals surface area contributed by atoms with Crippen molar-refractivity contribution in [2.45, 2.75) is 58.4 Å². The average Bonchev–Trinajstić information content (AvgIpc) is 3.22. The Balaban J connectivity index is 1.60. The molecule has 2 atom stereocenters. The van der Waals surface area contributed by atoms with E-state index in [-0.39, 0.29) is 11.3 Å². The number of ether oxygens (including phenoxy) is 1. The second-order valence-corrected chi connectivity index (χ2v) is 11.0. The van der Waals surface area contributed by atoms with Crippen LogP contribution in [0.5, 0.6) is 0 Å². The lowest BCUT2D eigenvalue weighted by Gasteiger charge is -2.43. The summed E-state index contributed by atoms with van der Waals surface area (Å²) in [7, 11) is -3.95. The Bertz CT molecular complexity index is 1150. The third-order valence-corrected chi connectivity index (χ3v) is 8.96. The summed E-state index contributed by atoms with van der Waals surface area (Å²) in [5.41, 5.74) is 2.08. The number of H-pyrrole nitrogens is 1. The zero-order valence-corrected chi connectivity index (χ0v) is 20.0. The molecule has 2 aliphatic rings. The number of benzene rings is 1. The number of halogens is 1. The van der Waals surface area contributed by atoms with Gasteiger partial charge in [0.2, 0.25) is 5.89 Å². The first-order valence-electron chi connectivity index (χ1n) is 11.3. The number of piperidine rings is 1. The maximum absolute atomic E-state index is 14.8. The fraction of sp³-hybridized carbons (Fsp3) is 0.636. The highest BCUT2D eigenvalue weighted by molar-refractivity contribution is 7.87. The SMILES string of the molecule is Cc1ccc(F)c(C(C)[C@H](NS(=O)(=O)N2CCC3(CCOCC3)CC2)c2n[nH]c(=O)o2)c1C. The standard InChI is InChI=1S/C22H31FN4O5S/c1-14-4-5-17(23)18(15(14)2)16(3)19(20-24-25-21(28)32-20)26-33(29,30)27-10-6-22(7-11-27)8-12-31-13-9-22/h4-5,16,19,26H,6-13H2,1-3H3,(H,25,28)/t16?,19-/m0/s1. The van der Waals surface area contributed by atoms with Crippen molar-refractivity contribution in [3.63, 3.8) is 0 Å². The number of aryl methyl sites for hydroxylation is 1. The number of nitrogens with one attached hydrogen (secondary N) is 2. The molecule has 1 aromatic heterocycles. The van der Waals surface area contributed by atoms with Crippen LogP contribution >= 0.6 is 0 Å². The van der Waals surface area contributed by atoms with Gasteiger partial charge in [0.15, 0.2) is 0 Å². The Morgan fingerprint density at radius 1 is 1.18 bits per heavy atom. The molecule has 0 amide bonds. The molecule has 1 spiro atoms. The summed E-state index contributed by atoms with van der Waals surface area (Å²) < 4.78 is 56.2. The molecule has 2 saturated heterocycles. The van der Waals surface area contributed by atoms with Crippen LogP contribution in [0, 0.1) is 25.1 Å². The van der Waals surface area contributed by atoms with Crippen molar-refractivity contribution in [3.8, 4) is 0 Å². The number of hydrogen-bond acceptors (Lipinski definition) is 6. The number of nitrogens with zero attached hydrogens (tertiary/aromatic N) is 2. The molecule has 11 heteroatoms. The van der Waals surface area contributed by atoms with E-state index in [0.717, 1.165) is 31.2 Å². The molecule has 0 saturated carbocycles. The van der Waals surface area contributed by atoms with Crippen molar-refractivity contribution in [1.29, 1.82) is 0 Å². The lowest BCUT2D eigenvalue weighted by atomic mass is 9.73. The van der Waals surface area contributed by atoms with Crippen LogP contribution in [-0.4, -0.2) is 49.2 Å². The summed E-state index contributed by atoms with van der Waals surface area (Å²) in [4.78, 5) is 11.6. The summed E-state index contributed by atoms with van der Waals surface area (Å²) in [5.74, 6) is -2.07. The van der Waals surface area contributed by atoms with Gasteiger partial charge in [-0.1, -0.05) is 13.0 Å². The molecule has 9 nitrogen and oxygen atoms in total. The van der Waals surface area contributed by atoms with Crippen LogP contribution < -0.4 is 10.5 Å². The van der Waals surface area contributed by atoms with Gasteiger partial charge in [0, 0.05) is 32.2 Å². The third kappa shape index (κ3) is 4.91. The van der Waals surface area contributed by atoms with Crippen LogP contribution in [0.25, 0.3) is 0 Å². The van der Waals surface area contributed by atoms with Gasteiger partial charge in [0.1, 0.15) is 11.9 Å². The van der Waals surface area contributed by atoms with E-state index in [1.807, 2.05) is 6.92 Å². The van der Waals surface area contributed by atoms with E-state index in [0.29, 0.717) is 37.4 Å². The molecule has 0 bridgehead atoms. The van der Waals surface area contributed by atoms with Crippen molar-refractivity contribution < 1.29 is 22.0 Å². The first-order valence-corrected chi connectivity index (χ1v) is 12.7. The van der Waals surface area contributed by atoms with Gasteiger partial charge in [-0.05, 0) is 67.7 Å². The molecule has 3 heterocycles. The van der Waals surface area contributed by atoms with Gasteiger partial charge in [-0.2, -0.15) is 17.4 Å². The van der Waals surface area contributed by atoms with Gasteiger partial charge in [-0.3, -0.25) is 0 Å². The Labute approximate surface area is 192 Å². The maximum atomic E-state index is 14.8. The Kier molecular flexibility index (Phi) is 6.77. The smallest absolute Gasteiger partial charge is 0.391 e. The molecule has 33 heavy (non-hydrogen) atoms. The van der Waals surface area contributed by atoms with Crippen LogP contribution in [-0.2, 0) is 14.9 Å². The summed E-state index contributed by atoms with van der Waals surface area (Å²) in [6, 6.07) is 1.97. The second kappa shape index (κ2) is 9.28. The van der Waals surface area contributed by atoms with E-state index in [9.17, 15) is 17.6 Å². The Morgan fingerprint density at radius 2 is 1.85 bits per heavy atom. The van der Waals surface area contributed by atoms with Gasteiger partial charge in [0.25, 0.3) is 10.2 Å². The molecule has 0 radical (unpaired) electrons. The third-order valence-electron chi connectivity index (χ3n) is 7.36. The van der Waals surface area contributed by atoms with Gasteiger partial charge < -0.3 is 9.15 Å². The maximum Gasteiger partial charge on any atom is 0.434 e. The predicted molar refractivity (Wildman–Crippen MR) is 120 cm³/mol. The van der Waals surface area contributed by atoms with E-state index in [4.69, 9.17) is 9.15 Å². The highest BCUT2D eigenvalue weighted by Gasteiger charge is 2.41. The molecule has 182 valence electrons. The summed E-state index contributed by atoms with van der Waals surface area (Å²) in [6.07, 6.45) is 3.41. The summed E-state index contributed by atoms with van der Waals surface area (Å²) in [6.45, 7) is 7.54. The molecule has 2 fully saturated rings. The van der Waals surface area contributed by atoms with Crippen LogP contribution in [0.4, 0.5) is 4.39 Å². The topological polar surface area (TPSA) is 118 Å². The van der Waals surface area contributed by atoms with Crippen LogP contribution in [0.3, 0.4) is 0 Å². The van der Waals surface area contributed by atoms with Crippen molar-refractivity contribution in [2.75, 3.05) is 26.3 Å². The number of hydrogen-bond donors (Lipinski definition) is 2. The van der Waals surface area contributed by atoms with E-state index < -0.39 is 33.7 Å². The van der Waals surface area contributed by atoms with Gasteiger partial charge in [-0.15, -0.1) is 5.10 Å². The Hall–Kier alpha value is -2.08. The zero-order chi connectivity index (χ0) is 23.8.